The molecule has 5 atom stereocenters. The molecule has 2 saturated carbocycles. The van der Waals surface area contributed by atoms with Crippen molar-refractivity contribution in [2.24, 2.45) is 17.8 Å². The van der Waals surface area contributed by atoms with E-state index in [0.29, 0.717) is 25.8 Å². The minimum atomic E-state index is -0.411. The topological polar surface area (TPSA) is 41.5 Å². The van der Waals surface area contributed by atoms with Gasteiger partial charge in [-0.05, 0) is 55.4 Å². The minimum Gasteiger partial charge on any atom is -0.389 e. The first kappa shape index (κ1) is 15.5. The van der Waals surface area contributed by atoms with Gasteiger partial charge in [0, 0.05) is 17.5 Å². The third kappa shape index (κ3) is 4.07. The monoisotopic (exact) mass is 309 g/mol. The Morgan fingerprint density at radius 3 is 3.00 bits per heavy atom. The van der Waals surface area contributed by atoms with E-state index in [1.54, 1.807) is 11.3 Å². The highest BCUT2D eigenvalue weighted by Crippen LogP contribution is 2.49. The van der Waals surface area contributed by atoms with Gasteiger partial charge in [-0.3, -0.25) is 0 Å². The van der Waals surface area contributed by atoms with Crippen LogP contribution in [0, 0.1) is 17.8 Å². The Hall–Kier alpha value is -0.420. The molecule has 4 heteroatoms. The zero-order chi connectivity index (χ0) is 14.7. The number of nitrogens with one attached hydrogen (secondary N) is 1. The van der Waals surface area contributed by atoms with Crippen LogP contribution in [0.5, 0.6) is 0 Å². The Morgan fingerprint density at radius 1 is 1.43 bits per heavy atom. The number of hydrogen-bond acceptors (Lipinski definition) is 4. The van der Waals surface area contributed by atoms with Crippen LogP contribution in [0.3, 0.4) is 0 Å². The summed E-state index contributed by atoms with van der Waals surface area (Å²) in [6, 6.07) is 4.61. The minimum absolute atomic E-state index is 0.411. The maximum Gasteiger partial charge on any atom is 0.0897 e. The first-order valence-electron chi connectivity index (χ1n) is 8.24. The van der Waals surface area contributed by atoms with Gasteiger partial charge in [-0.2, -0.15) is 0 Å². The highest BCUT2D eigenvalue weighted by atomic mass is 32.1. The van der Waals surface area contributed by atoms with Crippen LogP contribution in [0.15, 0.2) is 17.5 Å². The molecular weight excluding hydrogens is 282 g/mol. The fourth-order valence-corrected chi connectivity index (χ4v) is 4.77. The summed E-state index contributed by atoms with van der Waals surface area (Å²) in [4.78, 5) is 1.21. The zero-order valence-corrected chi connectivity index (χ0v) is 13.6. The molecule has 0 saturated heterocycles. The molecule has 1 heterocycles. The molecule has 0 aromatic carbocycles. The third-order valence-corrected chi connectivity index (χ3v) is 6.10. The molecule has 2 bridgehead atoms. The van der Waals surface area contributed by atoms with Crippen LogP contribution in [-0.4, -0.2) is 30.4 Å². The number of thiophene rings is 1. The summed E-state index contributed by atoms with van der Waals surface area (Å²) < 4.78 is 5.57. The van der Waals surface area contributed by atoms with Gasteiger partial charge in [0.1, 0.15) is 0 Å². The van der Waals surface area contributed by atoms with Gasteiger partial charge in [-0.25, -0.2) is 0 Å². The number of aliphatic hydroxyl groups is 1. The average molecular weight is 309 g/mol. The number of aliphatic hydroxyl groups excluding tert-OH is 1. The molecule has 2 aliphatic rings. The molecule has 0 spiro atoms. The Balaban J connectivity index is 1.31. The Morgan fingerprint density at radius 2 is 2.33 bits per heavy atom. The summed E-state index contributed by atoms with van der Waals surface area (Å²) in [6.45, 7) is 3.94. The highest BCUT2D eigenvalue weighted by molar-refractivity contribution is 7.09. The van der Waals surface area contributed by atoms with Crippen molar-refractivity contribution in [3.05, 3.63) is 22.4 Å². The molecule has 2 N–H and O–H groups in total. The van der Waals surface area contributed by atoms with Crippen LogP contribution in [0.4, 0.5) is 0 Å². The van der Waals surface area contributed by atoms with E-state index in [0.717, 1.165) is 17.8 Å². The Labute approximate surface area is 131 Å². The van der Waals surface area contributed by atoms with Gasteiger partial charge in [-0.1, -0.05) is 12.5 Å². The van der Waals surface area contributed by atoms with Gasteiger partial charge in [0.2, 0.25) is 0 Å². The van der Waals surface area contributed by atoms with E-state index in [1.165, 1.54) is 30.6 Å². The molecule has 0 aliphatic heterocycles. The molecule has 1 aromatic heterocycles. The highest BCUT2D eigenvalue weighted by Gasteiger charge is 2.41. The molecule has 3 nitrogen and oxygen atoms in total. The molecule has 3 rings (SSSR count). The van der Waals surface area contributed by atoms with Crippen LogP contribution in [0.25, 0.3) is 0 Å². The van der Waals surface area contributed by atoms with Crippen molar-refractivity contribution in [3.63, 3.8) is 0 Å². The maximum atomic E-state index is 10.0. The lowest BCUT2D eigenvalue weighted by atomic mass is 9.84. The molecular formula is C17H27NO2S. The first-order valence-corrected chi connectivity index (χ1v) is 9.12. The largest absolute Gasteiger partial charge is 0.389 e. The third-order valence-electron chi connectivity index (χ3n) is 5.25. The second-order valence-corrected chi connectivity index (χ2v) is 7.82. The fourth-order valence-electron chi connectivity index (χ4n) is 4.13. The summed E-state index contributed by atoms with van der Waals surface area (Å²) in [7, 11) is 0. The predicted molar refractivity (Wildman–Crippen MR) is 86.4 cm³/mol. The zero-order valence-electron chi connectivity index (χ0n) is 12.8. The molecule has 0 unspecified atom stereocenters. The molecule has 118 valence electrons. The molecule has 2 fully saturated rings. The van der Waals surface area contributed by atoms with Gasteiger partial charge in [0.05, 0.1) is 19.3 Å². The van der Waals surface area contributed by atoms with Crippen LogP contribution >= 0.6 is 11.3 Å². The lowest BCUT2D eigenvalue weighted by molar-refractivity contribution is 0.0273. The van der Waals surface area contributed by atoms with E-state index < -0.39 is 6.10 Å². The molecule has 0 amide bonds. The molecule has 1 aromatic rings. The first-order chi connectivity index (χ1) is 10.2. The van der Waals surface area contributed by atoms with Crippen molar-refractivity contribution in [2.75, 3.05) is 13.2 Å². The summed E-state index contributed by atoms with van der Waals surface area (Å²) in [5, 5.41) is 15.6. The van der Waals surface area contributed by atoms with Crippen LogP contribution in [-0.2, 0) is 11.3 Å². The molecule has 21 heavy (non-hydrogen) atoms. The summed E-state index contributed by atoms with van der Waals surface area (Å²) >= 11 is 1.69. The average Bonchev–Trinajstić information content (AvgIpc) is 3.21. The van der Waals surface area contributed by atoms with Crippen LogP contribution in [0.1, 0.15) is 37.5 Å². The molecule has 0 radical (unpaired) electrons. The second kappa shape index (κ2) is 7.23. The van der Waals surface area contributed by atoms with Gasteiger partial charge in [0.25, 0.3) is 0 Å². The maximum absolute atomic E-state index is 10.0. The number of fused-ring (bicyclic) bond motifs is 2. The summed E-state index contributed by atoms with van der Waals surface area (Å²) in [5.74, 6) is 2.75. The van der Waals surface area contributed by atoms with Crippen LogP contribution in [0.2, 0.25) is 0 Å². The molecule has 2 aliphatic carbocycles. The van der Waals surface area contributed by atoms with Crippen molar-refractivity contribution >= 4 is 11.3 Å². The Kier molecular flexibility index (Phi) is 5.33. The predicted octanol–water partition coefficient (Wildman–Crippen LogP) is 3.04. The normalized spacial score (nSPS) is 30.7. The number of hydrogen-bond donors (Lipinski definition) is 2. The SMILES string of the molecule is C[C@H](NC[C@H](O)COCc1cccs1)[C@@H]1C[C@H]2CC[C@H]1C2. The number of ether oxygens (including phenoxy) is 1. The van der Waals surface area contributed by atoms with Gasteiger partial charge >= 0.3 is 0 Å². The van der Waals surface area contributed by atoms with E-state index in [9.17, 15) is 5.11 Å². The summed E-state index contributed by atoms with van der Waals surface area (Å²) in [5.41, 5.74) is 0. The van der Waals surface area contributed by atoms with Crippen molar-refractivity contribution in [1.29, 1.82) is 0 Å². The van der Waals surface area contributed by atoms with E-state index in [2.05, 4.69) is 18.3 Å². The quantitative estimate of drug-likeness (QED) is 0.775. The van der Waals surface area contributed by atoms with E-state index in [1.807, 2.05) is 11.4 Å². The van der Waals surface area contributed by atoms with Gasteiger partial charge in [0.15, 0.2) is 0 Å². The van der Waals surface area contributed by atoms with Gasteiger partial charge < -0.3 is 15.2 Å². The van der Waals surface area contributed by atoms with E-state index in [-0.39, 0.29) is 0 Å². The van der Waals surface area contributed by atoms with Crippen molar-refractivity contribution in [3.8, 4) is 0 Å². The summed E-state index contributed by atoms with van der Waals surface area (Å²) in [6.07, 6.45) is 5.31. The van der Waals surface area contributed by atoms with E-state index >= 15 is 0 Å². The Bertz CT molecular complexity index is 422. The lowest BCUT2D eigenvalue weighted by Gasteiger charge is -2.29. The lowest BCUT2D eigenvalue weighted by Crippen LogP contribution is -2.41. The fraction of sp³-hybridized carbons (Fsp3) is 0.765. The van der Waals surface area contributed by atoms with Crippen molar-refractivity contribution < 1.29 is 9.84 Å². The second-order valence-electron chi connectivity index (χ2n) is 6.78. The van der Waals surface area contributed by atoms with Crippen molar-refractivity contribution in [2.45, 2.75) is 51.4 Å². The van der Waals surface area contributed by atoms with Crippen LogP contribution < -0.4 is 5.32 Å². The smallest absolute Gasteiger partial charge is 0.0897 e. The standard InChI is InChI=1S/C17H27NO2S/c1-12(17-8-13-4-5-14(17)7-13)18-9-15(19)10-20-11-16-3-2-6-21-16/h2-3,6,12-15,17-19H,4-5,7-11H2,1H3/t12-,13-,14-,15-,17-/m0/s1. The van der Waals surface area contributed by atoms with E-state index in [4.69, 9.17) is 4.74 Å². The van der Waals surface area contributed by atoms with Gasteiger partial charge in [-0.15, -0.1) is 11.3 Å². The van der Waals surface area contributed by atoms with Crippen molar-refractivity contribution in [1.82, 2.24) is 5.32 Å². The number of rotatable bonds is 8.